The van der Waals surface area contributed by atoms with E-state index in [9.17, 15) is 9.59 Å². The smallest absolute Gasteiger partial charge is 0.246 e. The number of aromatic amines is 1. The molecule has 0 spiro atoms. The largest absolute Gasteiger partial charge is 0.361 e. The molecule has 0 saturated carbocycles. The molecule has 0 fully saturated rings. The number of hydrogen-bond acceptors (Lipinski definition) is 4. The fourth-order valence-corrected chi connectivity index (χ4v) is 3.53. The molecule has 4 rings (SSSR count). The third-order valence-electron chi connectivity index (χ3n) is 4.98. The van der Waals surface area contributed by atoms with Gasteiger partial charge in [0.2, 0.25) is 11.8 Å². The Kier molecular flexibility index (Phi) is 5.14. The second kappa shape index (κ2) is 7.89. The lowest BCUT2D eigenvalue weighted by Gasteiger charge is -2.16. The van der Waals surface area contributed by atoms with Crippen LogP contribution in [0.4, 0.5) is 5.82 Å². The minimum atomic E-state index is -0.0890. The number of amides is 2. The number of pyridine rings is 1. The molecule has 3 heterocycles. The third-order valence-corrected chi connectivity index (χ3v) is 4.98. The maximum Gasteiger partial charge on any atom is 0.246 e. The second-order valence-electron chi connectivity index (χ2n) is 7.38. The average molecular weight is 389 g/mol. The fraction of sp³-hybridized carbons (Fsp3) is 0.227. The number of nitrogens with one attached hydrogen (secondary N) is 2. The SMILES string of the molecule is CN1CC(=O)Nc2ncc(C=CC(=O)N(C)Cc3cccc4cc[nH]c34)cc2C1. The van der Waals surface area contributed by atoms with Gasteiger partial charge in [-0.25, -0.2) is 4.98 Å². The van der Waals surface area contributed by atoms with E-state index in [0.29, 0.717) is 25.5 Å². The van der Waals surface area contributed by atoms with Gasteiger partial charge in [-0.2, -0.15) is 0 Å². The number of carbonyl (C=O) groups excluding carboxylic acids is 2. The van der Waals surface area contributed by atoms with Gasteiger partial charge in [-0.15, -0.1) is 0 Å². The Morgan fingerprint density at radius 2 is 2.17 bits per heavy atom. The van der Waals surface area contributed by atoms with Crippen LogP contribution in [0.2, 0.25) is 0 Å². The zero-order chi connectivity index (χ0) is 20.4. The van der Waals surface area contributed by atoms with Crippen LogP contribution in [-0.4, -0.2) is 52.2 Å². The van der Waals surface area contributed by atoms with Gasteiger partial charge in [-0.05, 0) is 41.8 Å². The van der Waals surface area contributed by atoms with Gasteiger partial charge in [0.15, 0.2) is 0 Å². The molecule has 148 valence electrons. The van der Waals surface area contributed by atoms with Crippen molar-refractivity contribution in [3.8, 4) is 0 Å². The van der Waals surface area contributed by atoms with Crippen LogP contribution in [0.15, 0.2) is 48.8 Å². The highest BCUT2D eigenvalue weighted by Gasteiger charge is 2.17. The predicted octanol–water partition coefficient (Wildman–Crippen LogP) is 2.62. The number of nitrogens with zero attached hydrogens (tertiary/aromatic N) is 3. The van der Waals surface area contributed by atoms with E-state index in [-0.39, 0.29) is 11.8 Å². The number of rotatable bonds is 4. The van der Waals surface area contributed by atoms with Gasteiger partial charge in [0, 0.05) is 44.2 Å². The summed E-state index contributed by atoms with van der Waals surface area (Å²) >= 11 is 0. The molecule has 2 amide bonds. The van der Waals surface area contributed by atoms with Crippen molar-refractivity contribution in [2.45, 2.75) is 13.1 Å². The lowest BCUT2D eigenvalue weighted by molar-refractivity contribution is -0.125. The lowest BCUT2D eigenvalue weighted by atomic mass is 10.1. The van der Waals surface area contributed by atoms with Crippen LogP contribution in [0.1, 0.15) is 16.7 Å². The molecular formula is C22H23N5O2. The maximum atomic E-state index is 12.6. The molecule has 0 atom stereocenters. The van der Waals surface area contributed by atoms with E-state index in [0.717, 1.165) is 27.6 Å². The van der Waals surface area contributed by atoms with E-state index in [1.807, 2.05) is 48.5 Å². The van der Waals surface area contributed by atoms with Crippen molar-refractivity contribution in [1.82, 2.24) is 19.8 Å². The summed E-state index contributed by atoms with van der Waals surface area (Å²) in [4.78, 5) is 35.5. The molecule has 2 aromatic heterocycles. The first-order chi connectivity index (χ1) is 14.0. The summed E-state index contributed by atoms with van der Waals surface area (Å²) < 4.78 is 0. The van der Waals surface area contributed by atoms with Crippen molar-refractivity contribution in [3.05, 3.63) is 65.5 Å². The van der Waals surface area contributed by atoms with E-state index in [4.69, 9.17) is 0 Å². The minimum absolute atomic E-state index is 0.0732. The van der Waals surface area contributed by atoms with Crippen LogP contribution >= 0.6 is 0 Å². The van der Waals surface area contributed by atoms with Crippen molar-refractivity contribution >= 4 is 34.6 Å². The van der Waals surface area contributed by atoms with Crippen molar-refractivity contribution < 1.29 is 9.59 Å². The average Bonchev–Trinajstić information content (AvgIpc) is 3.12. The number of fused-ring (bicyclic) bond motifs is 2. The Bertz CT molecular complexity index is 1100. The molecule has 7 nitrogen and oxygen atoms in total. The van der Waals surface area contributed by atoms with Crippen molar-refractivity contribution in [3.63, 3.8) is 0 Å². The van der Waals surface area contributed by atoms with Crippen LogP contribution in [0.3, 0.4) is 0 Å². The molecule has 1 aromatic carbocycles. The molecule has 2 N–H and O–H groups in total. The quantitative estimate of drug-likeness (QED) is 0.672. The number of anilines is 1. The third kappa shape index (κ3) is 4.20. The zero-order valence-corrected chi connectivity index (χ0v) is 16.5. The molecule has 3 aromatic rings. The van der Waals surface area contributed by atoms with Crippen LogP contribution in [0.5, 0.6) is 0 Å². The molecule has 0 saturated heterocycles. The first-order valence-corrected chi connectivity index (χ1v) is 9.45. The number of H-pyrrole nitrogens is 1. The highest BCUT2D eigenvalue weighted by atomic mass is 16.2. The Morgan fingerprint density at radius 3 is 3.03 bits per heavy atom. The summed E-state index contributed by atoms with van der Waals surface area (Å²) in [5, 5.41) is 3.94. The molecule has 1 aliphatic heterocycles. The normalized spacial score (nSPS) is 14.6. The first-order valence-electron chi connectivity index (χ1n) is 9.45. The maximum absolute atomic E-state index is 12.6. The highest BCUT2D eigenvalue weighted by Crippen LogP contribution is 2.20. The van der Waals surface area contributed by atoms with Crippen LogP contribution in [0.25, 0.3) is 17.0 Å². The lowest BCUT2D eigenvalue weighted by Crippen LogP contribution is -2.26. The van der Waals surface area contributed by atoms with Gasteiger partial charge in [-0.1, -0.05) is 18.2 Å². The number of likely N-dealkylation sites (N-methyl/N-ethyl adjacent to an activating group) is 2. The van der Waals surface area contributed by atoms with Crippen molar-refractivity contribution in [2.75, 3.05) is 26.0 Å². The first kappa shape index (κ1) is 18.9. The van der Waals surface area contributed by atoms with Gasteiger partial charge < -0.3 is 15.2 Å². The van der Waals surface area contributed by atoms with Gasteiger partial charge in [0.1, 0.15) is 5.82 Å². The zero-order valence-electron chi connectivity index (χ0n) is 16.5. The Hall–Kier alpha value is -3.45. The number of aromatic nitrogens is 2. The van der Waals surface area contributed by atoms with Crippen LogP contribution in [0, 0.1) is 0 Å². The molecule has 0 radical (unpaired) electrons. The molecular weight excluding hydrogens is 366 g/mol. The summed E-state index contributed by atoms with van der Waals surface area (Å²) in [6.45, 7) is 1.47. The van der Waals surface area contributed by atoms with Crippen molar-refractivity contribution in [1.29, 1.82) is 0 Å². The Morgan fingerprint density at radius 1 is 1.31 bits per heavy atom. The van der Waals surface area contributed by atoms with E-state index >= 15 is 0 Å². The number of para-hydroxylation sites is 1. The number of benzene rings is 1. The standard InChI is InChI=1S/C22H23N5O2/c1-26-12-18-10-15(11-24-22(18)25-19(28)14-26)6-7-20(29)27(2)13-17-5-3-4-16-8-9-23-21(16)17/h3-11,23H,12-14H2,1-2H3,(H,24,25,28). The molecule has 0 aliphatic carbocycles. The summed E-state index contributed by atoms with van der Waals surface area (Å²) in [6, 6.07) is 10.0. The molecule has 0 unspecified atom stereocenters. The van der Waals surface area contributed by atoms with Gasteiger partial charge >= 0.3 is 0 Å². The van der Waals surface area contributed by atoms with E-state index < -0.39 is 0 Å². The summed E-state index contributed by atoms with van der Waals surface area (Å²) in [5.41, 5.74) is 3.88. The van der Waals surface area contributed by atoms with Crippen LogP contribution in [-0.2, 0) is 22.7 Å². The Balaban J connectivity index is 1.46. The highest BCUT2D eigenvalue weighted by molar-refractivity contribution is 5.93. The van der Waals surface area contributed by atoms with Gasteiger partial charge in [0.05, 0.1) is 12.1 Å². The van der Waals surface area contributed by atoms with Crippen LogP contribution < -0.4 is 5.32 Å². The molecule has 29 heavy (non-hydrogen) atoms. The Labute approximate surface area is 169 Å². The molecule has 0 bridgehead atoms. The number of carbonyl (C=O) groups is 2. The van der Waals surface area contributed by atoms with E-state index in [1.54, 1.807) is 30.3 Å². The van der Waals surface area contributed by atoms with Gasteiger partial charge in [0.25, 0.3) is 0 Å². The topological polar surface area (TPSA) is 81.3 Å². The summed E-state index contributed by atoms with van der Waals surface area (Å²) in [7, 11) is 3.68. The molecule has 7 heteroatoms. The molecule has 1 aliphatic rings. The van der Waals surface area contributed by atoms with Gasteiger partial charge in [-0.3, -0.25) is 14.5 Å². The summed E-state index contributed by atoms with van der Waals surface area (Å²) in [6.07, 6.45) is 6.88. The van der Waals surface area contributed by atoms with E-state index in [1.165, 1.54) is 0 Å². The fourth-order valence-electron chi connectivity index (χ4n) is 3.53. The van der Waals surface area contributed by atoms with E-state index in [2.05, 4.69) is 15.3 Å². The monoisotopic (exact) mass is 389 g/mol. The summed E-state index contributed by atoms with van der Waals surface area (Å²) in [5.74, 6) is 0.420. The minimum Gasteiger partial charge on any atom is -0.361 e. The number of hydrogen-bond donors (Lipinski definition) is 2. The predicted molar refractivity (Wildman–Crippen MR) is 113 cm³/mol. The second-order valence-corrected chi connectivity index (χ2v) is 7.38. The van der Waals surface area contributed by atoms with Crippen molar-refractivity contribution in [2.24, 2.45) is 0 Å².